The number of nitrogens with zero attached hydrogens (tertiary/aromatic N) is 2. The zero-order valence-electron chi connectivity index (χ0n) is 11.1. The number of benzene rings is 1. The molecule has 0 bridgehead atoms. The summed E-state index contributed by atoms with van der Waals surface area (Å²) in [6.07, 6.45) is 1.60. The zero-order valence-corrected chi connectivity index (χ0v) is 11.9. The van der Waals surface area contributed by atoms with Gasteiger partial charge in [0.25, 0.3) is 0 Å². The highest BCUT2D eigenvalue weighted by Crippen LogP contribution is 2.14. The van der Waals surface area contributed by atoms with Crippen LogP contribution in [0.3, 0.4) is 0 Å². The van der Waals surface area contributed by atoms with Crippen LogP contribution in [0.4, 0.5) is 0 Å². The maximum atomic E-state index is 12.3. The molecule has 21 heavy (non-hydrogen) atoms. The minimum absolute atomic E-state index is 0.0146. The van der Waals surface area contributed by atoms with E-state index < -0.39 is 10.0 Å². The van der Waals surface area contributed by atoms with Gasteiger partial charge in [-0.05, 0) is 12.1 Å². The van der Waals surface area contributed by atoms with Gasteiger partial charge in [-0.3, -0.25) is 5.10 Å². The van der Waals surface area contributed by atoms with Crippen molar-refractivity contribution < 1.29 is 13.5 Å². The van der Waals surface area contributed by atoms with Gasteiger partial charge in [0, 0.05) is 12.0 Å². The summed E-state index contributed by atoms with van der Waals surface area (Å²) < 4.78 is 27.0. The fraction of sp³-hybridized carbons (Fsp3) is 0.231. The molecule has 0 amide bonds. The summed E-state index contributed by atoms with van der Waals surface area (Å²) in [7, 11) is -3.71. The lowest BCUT2D eigenvalue weighted by Crippen LogP contribution is -2.24. The van der Waals surface area contributed by atoms with Crippen molar-refractivity contribution in [2.75, 3.05) is 6.61 Å². The van der Waals surface area contributed by atoms with Crippen molar-refractivity contribution in [2.24, 2.45) is 0 Å². The summed E-state index contributed by atoms with van der Waals surface area (Å²) >= 11 is 0. The molecule has 0 radical (unpaired) electrons. The van der Waals surface area contributed by atoms with Crippen LogP contribution in [0.25, 0.3) is 0 Å². The molecule has 1 aromatic carbocycles. The molecule has 0 spiro atoms. The average Bonchev–Trinajstić information content (AvgIpc) is 2.99. The van der Waals surface area contributed by atoms with Crippen LogP contribution in [0.15, 0.2) is 35.5 Å². The Labute approximate surface area is 122 Å². The second-order valence-electron chi connectivity index (χ2n) is 4.03. The predicted molar refractivity (Wildman–Crippen MR) is 75.4 cm³/mol. The molecule has 0 saturated carbocycles. The number of nitrogens with one attached hydrogen (secondary N) is 2. The number of rotatable bonds is 5. The van der Waals surface area contributed by atoms with Crippen LogP contribution < -0.4 is 4.72 Å². The predicted octanol–water partition coefficient (Wildman–Crippen LogP) is 0.0171. The first-order valence-corrected chi connectivity index (χ1v) is 7.64. The van der Waals surface area contributed by atoms with Crippen LogP contribution in [0.1, 0.15) is 17.8 Å². The molecule has 0 aliphatic heterocycles. The third kappa shape index (κ3) is 4.13. The van der Waals surface area contributed by atoms with E-state index in [2.05, 4.69) is 31.7 Å². The van der Waals surface area contributed by atoms with Crippen molar-refractivity contribution in [1.82, 2.24) is 19.9 Å². The smallest absolute Gasteiger partial charge is 0.242 e. The van der Waals surface area contributed by atoms with Crippen LogP contribution in [0.2, 0.25) is 0 Å². The van der Waals surface area contributed by atoms with Crippen molar-refractivity contribution in [2.45, 2.75) is 17.9 Å². The van der Waals surface area contributed by atoms with Gasteiger partial charge in [-0.2, -0.15) is 5.10 Å². The third-order valence-corrected chi connectivity index (χ3v) is 3.99. The lowest BCUT2D eigenvalue weighted by atomic mass is 10.2. The molecule has 0 fully saturated rings. The van der Waals surface area contributed by atoms with E-state index in [1.807, 2.05) is 0 Å². The number of aliphatic hydroxyl groups excluding tert-OH is 1. The minimum atomic E-state index is -3.71. The van der Waals surface area contributed by atoms with Crippen molar-refractivity contribution in [3.05, 3.63) is 42.0 Å². The second kappa shape index (κ2) is 6.99. The summed E-state index contributed by atoms with van der Waals surface area (Å²) in [6.45, 7) is -0.0492. The van der Waals surface area contributed by atoms with E-state index in [1.165, 1.54) is 12.4 Å². The van der Waals surface area contributed by atoms with Crippen LogP contribution in [-0.2, 0) is 16.6 Å². The van der Waals surface area contributed by atoms with Gasteiger partial charge < -0.3 is 5.11 Å². The minimum Gasteiger partial charge on any atom is -0.395 e. The Bertz CT molecular complexity index is 745. The van der Waals surface area contributed by atoms with Crippen molar-refractivity contribution in [3.8, 4) is 11.8 Å². The molecule has 0 unspecified atom stereocenters. The molecule has 0 aliphatic carbocycles. The van der Waals surface area contributed by atoms with Crippen LogP contribution in [0.5, 0.6) is 0 Å². The quantitative estimate of drug-likeness (QED) is 0.675. The average molecular weight is 306 g/mol. The summed E-state index contributed by atoms with van der Waals surface area (Å²) in [5, 5.41) is 14.9. The maximum absolute atomic E-state index is 12.3. The van der Waals surface area contributed by atoms with E-state index >= 15 is 0 Å². The molecular formula is C13H14N4O3S. The van der Waals surface area contributed by atoms with E-state index in [0.717, 1.165) is 0 Å². The standard InChI is InChI=1S/C13H14N4O3S/c18-8-4-3-6-11-5-1-2-7-12(11)21(19,20)16-9-13-14-10-15-17-13/h1-2,5,7,10,16,18H,4,8-9H2,(H,14,15,17). The lowest BCUT2D eigenvalue weighted by molar-refractivity contribution is 0.305. The largest absolute Gasteiger partial charge is 0.395 e. The molecule has 1 aromatic heterocycles. The zero-order chi connectivity index (χ0) is 15.1. The number of aliphatic hydroxyl groups is 1. The monoisotopic (exact) mass is 306 g/mol. The lowest BCUT2D eigenvalue weighted by Gasteiger charge is -2.07. The number of hydrogen-bond acceptors (Lipinski definition) is 5. The molecule has 8 heteroatoms. The van der Waals surface area contributed by atoms with Gasteiger partial charge in [0.05, 0.1) is 18.0 Å². The second-order valence-corrected chi connectivity index (χ2v) is 5.76. The van der Waals surface area contributed by atoms with Crippen LogP contribution in [-0.4, -0.2) is 35.3 Å². The first kappa shape index (κ1) is 15.2. The van der Waals surface area contributed by atoms with Crippen molar-refractivity contribution in [1.29, 1.82) is 0 Å². The van der Waals surface area contributed by atoms with E-state index in [9.17, 15) is 8.42 Å². The number of aromatic nitrogens is 3. The molecular weight excluding hydrogens is 292 g/mol. The van der Waals surface area contributed by atoms with Gasteiger partial charge in [0.1, 0.15) is 12.2 Å². The number of H-pyrrole nitrogens is 1. The molecule has 2 rings (SSSR count). The molecule has 1 heterocycles. The third-order valence-electron chi connectivity index (χ3n) is 2.53. The van der Waals surface area contributed by atoms with Gasteiger partial charge in [0.2, 0.25) is 10.0 Å². The Morgan fingerprint density at radius 1 is 1.33 bits per heavy atom. The van der Waals surface area contributed by atoms with Gasteiger partial charge in [-0.25, -0.2) is 18.1 Å². The number of sulfonamides is 1. The van der Waals surface area contributed by atoms with Gasteiger partial charge >= 0.3 is 0 Å². The van der Waals surface area contributed by atoms with E-state index in [1.54, 1.807) is 18.2 Å². The Balaban J connectivity index is 2.21. The molecule has 0 aliphatic rings. The van der Waals surface area contributed by atoms with Gasteiger partial charge in [-0.1, -0.05) is 24.0 Å². The topological polar surface area (TPSA) is 108 Å². The number of hydrogen-bond donors (Lipinski definition) is 3. The summed E-state index contributed by atoms with van der Waals surface area (Å²) in [5.74, 6) is 5.88. The van der Waals surface area contributed by atoms with E-state index in [-0.39, 0.29) is 18.0 Å². The van der Waals surface area contributed by atoms with E-state index in [0.29, 0.717) is 17.8 Å². The van der Waals surface area contributed by atoms with Crippen molar-refractivity contribution >= 4 is 10.0 Å². The maximum Gasteiger partial charge on any atom is 0.242 e. The Hall–Kier alpha value is -2.21. The highest BCUT2D eigenvalue weighted by molar-refractivity contribution is 7.89. The Morgan fingerprint density at radius 2 is 2.14 bits per heavy atom. The Kier molecular flexibility index (Phi) is 5.05. The van der Waals surface area contributed by atoms with Crippen molar-refractivity contribution in [3.63, 3.8) is 0 Å². The van der Waals surface area contributed by atoms with Gasteiger partial charge in [0.15, 0.2) is 0 Å². The molecule has 2 aromatic rings. The SMILES string of the molecule is O=S(=O)(NCc1ncn[nH]1)c1ccccc1C#CCCO. The molecule has 7 nitrogen and oxygen atoms in total. The fourth-order valence-corrected chi connectivity index (χ4v) is 2.72. The molecule has 3 N–H and O–H groups in total. The highest BCUT2D eigenvalue weighted by atomic mass is 32.2. The first-order chi connectivity index (χ1) is 10.1. The highest BCUT2D eigenvalue weighted by Gasteiger charge is 2.17. The molecule has 110 valence electrons. The van der Waals surface area contributed by atoms with Crippen LogP contribution in [0, 0.1) is 11.8 Å². The first-order valence-electron chi connectivity index (χ1n) is 6.16. The Morgan fingerprint density at radius 3 is 2.86 bits per heavy atom. The van der Waals surface area contributed by atoms with Crippen LogP contribution >= 0.6 is 0 Å². The molecule has 0 atom stereocenters. The number of aromatic amines is 1. The summed E-state index contributed by atoms with van der Waals surface area (Å²) in [5.41, 5.74) is 0.385. The molecule has 0 saturated heterocycles. The van der Waals surface area contributed by atoms with Gasteiger partial charge in [-0.15, -0.1) is 0 Å². The fourth-order valence-electron chi connectivity index (χ4n) is 1.57. The normalized spacial score (nSPS) is 10.9. The van der Waals surface area contributed by atoms with E-state index in [4.69, 9.17) is 5.11 Å². The summed E-state index contributed by atoms with van der Waals surface area (Å²) in [6, 6.07) is 6.43. The summed E-state index contributed by atoms with van der Waals surface area (Å²) in [4.78, 5) is 3.94.